The van der Waals surface area contributed by atoms with Crippen molar-refractivity contribution in [1.82, 2.24) is 15.5 Å². The third kappa shape index (κ3) is 8.97. The number of hydrogen-bond acceptors (Lipinski definition) is 5. The Labute approximate surface area is 204 Å². The first-order chi connectivity index (χ1) is 15.7. The van der Waals surface area contributed by atoms with Gasteiger partial charge in [-0.05, 0) is 77.5 Å². The average molecular weight is 478 g/mol. The third-order valence-electron chi connectivity index (χ3n) is 5.25. The van der Waals surface area contributed by atoms with Crippen molar-refractivity contribution in [2.75, 3.05) is 13.2 Å². The highest BCUT2D eigenvalue weighted by molar-refractivity contribution is 5.92. The first kappa shape index (κ1) is 29.4. The molecule has 0 aliphatic carbocycles. The molecule has 0 aromatic heterocycles. The fourth-order valence-electron chi connectivity index (χ4n) is 3.70. The number of aliphatic hydroxyl groups is 1. The van der Waals surface area contributed by atoms with Gasteiger partial charge < -0.3 is 25.4 Å². The number of rotatable bonds is 10. The quantitative estimate of drug-likeness (QED) is 0.477. The van der Waals surface area contributed by atoms with Crippen LogP contribution in [0.15, 0.2) is 18.2 Å². The highest BCUT2D eigenvalue weighted by atomic mass is 16.6. The molecule has 3 amide bonds. The highest BCUT2D eigenvalue weighted by Crippen LogP contribution is 2.28. The summed E-state index contributed by atoms with van der Waals surface area (Å²) in [7, 11) is 0. The number of amides is 3. The van der Waals surface area contributed by atoms with Crippen molar-refractivity contribution in [2.45, 2.75) is 92.5 Å². The van der Waals surface area contributed by atoms with Crippen molar-refractivity contribution in [2.24, 2.45) is 5.92 Å². The molecule has 34 heavy (non-hydrogen) atoms. The second-order valence-corrected chi connectivity index (χ2v) is 10.4. The second kappa shape index (κ2) is 12.7. The van der Waals surface area contributed by atoms with Gasteiger partial charge in [-0.1, -0.05) is 32.0 Å². The van der Waals surface area contributed by atoms with Crippen LogP contribution < -0.4 is 10.6 Å². The molecule has 192 valence electrons. The van der Waals surface area contributed by atoms with E-state index in [1.807, 2.05) is 59.7 Å². The van der Waals surface area contributed by atoms with E-state index < -0.39 is 29.7 Å². The lowest BCUT2D eigenvalue weighted by Crippen LogP contribution is -2.54. The number of ether oxygens (including phenoxy) is 1. The van der Waals surface area contributed by atoms with Crippen LogP contribution >= 0.6 is 0 Å². The molecule has 1 aromatic rings. The van der Waals surface area contributed by atoms with E-state index in [9.17, 15) is 19.5 Å². The van der Waals surface area contributed by atoms with Gasteiger partial charge >= 0.3 is 6.09 Å². The number of alkyl carbamates (subject to hydrolysis) is 1. The Balaban J connectivity index is 3.49. The number of aryl methyl sites for hydroxylation is 1. The summed E-state index contributed by atoms with van der Waals surface area (Å²) in [6.45, 7) is 16.3. The molecule has 8 nitrogen and oxygen atoms in total. The van der Waals surface area contributed by atoms with E-state index in [1.165, 1.54) is 4.90 Å². The summed E-state index contributed by atoms with van der Waals surface area (Å²) in [6.07, 6.45) is -0.351. The van der Waals surface area contributed by atoms with Crippen molar-refractivity contribution in [3.63, 3.8) is 0 Å². The SMILES string of the molecule is Cc1cccc(C(C(=O)NC(C)C)N(CCO)C(=O)C(CC(C)C)NC(=O)OC(C)(C)C)c1C. The molecule has 2 unspecified atom stereocenters. The molecule has 0 radical (unpaired) electrons. The van der Waals surface area contributed by atoms with Gasteiger partial charge in [-0.2, -0.15) is 0 Å². The number of nitrogens with zero attached hydrogens (tertiary/aromatic N) is 1. The molecule has 0 bridgehead atoms. The van der Waals surface area contributed by atoms with Gasteiger partial charge in [0.05, 0.1) is 6.61 Å². The van der Waals surface area contributed by atoms with Crippen molar-refractivity contribution in [3.8, 4) is 0 Å². The molecule has 0 aliphatic rings. The molecule has 0 saturated carbocycles. The molecule has 0 heterocycles. The lowest BCUT2D eigenvalue weighted by Gasteiger charge is -2.35. The zero-order valence-electron chi connectivity index (χ0n) is 22.2. The van der Waals surface area contributed by atoms with Crippen molar-refractivity contribution in [3.05, 3.63) is 34.9 Å². The molecule has 0 saturated heterocycles. The maximum absolute atomic E-state index is 13.8. The molecular formula is C26H43N3O5. The number of aliphatic hydroxyl groups excluding tert-OH is 1. The number of benzene rings is 1. The maximum Gasteiger partial charge on any atom is 0.408 e. The number of carbonyl (C=O) groups is 3. The maximum atomic E-state index is 13.8. The molecule has 1 aromatic carbocycles. The Morgan fingerprint density at radius 1 is 1.06 bits per heavy atom. The van der Waals surface area contributed by atoms with Crippen LogP contribution in [0.25, 0.3) is 0 Å². The van der Waals surface area contributed by atoms with Crippen LogP contribution in [0.4, 0.5) is 4.79 Å². The van der Waals surface area contributed by atoms with Gasteiger partial charge in [-0.25, -0.2) is 4.79 Å². The van der Waals surface area contributed by atoms with E-state index in [1.54, 1.807) is 20.8 Å². The van der Waals surface area contributed by atoms with E-state index in [0.29, 0.717) is 12.0 Å². The van der Waals surface area contributed by atoms with Crippen molar-refractivity contribution in [1.29, 1.82) is 0 Å². The van der Waals surface area contributed by atoms with Crippen molar-refractivity contribution >= 4 is 17.9 Å². The molecule has 0 fully saturated rings. The van der Waals surface area contributed by atoms with Gasteiger partial charge in [0.2, 0.25) is 11.8 Å². The minimum atomic E-state index is -0.961. The van der Waals surface area contributed by atoms with Gasteiger partial charge in [0.15, 0.2) is 0 Å². The first-order valence-corrected chi connectivity index (χ1v) is 11.9. The summed E-state index contributed by atoms with van der Waals surface area (Å²) in [6, 6.07) is 3.60. The van der Waals surface area contributed by atoms with E-state index >= 15 is 0 Å². The average Bonchev–Trinajstić information content (AvgIpc) is 2.67. The number of carbonyl (C=O) groups excluding carboxylic acids is 3. The summed E-state index contributed by atoms with van der Waals surface area (Å²) in [5, 5.41) is 15.4. The van der Waals surface area contributed by atoms with E-state index in [0.717, 1.165) is 11.1 Å². The Kier molecular flexibility index (Phi) is 11.0. The summed E-state index contributed by atoms with van der Waals surface area (Å²) in [5.74, 6) is -0.701. The minimum absolute atomic E-state index is 0.0625. The van der Waals surface area contributed by atoms with Crippen LogP contribution in [0.2, 0.25) is 0 Å². The summed E-state index contributed by atoms with van der Waals surface area (Å²) < 4.78 is 5.37. The number of hydrogen-bond donors (Lipinski definition) is 3. The smallest absolute Gasteiger partial charge is 0.408 e. The Bertz CT molecular complexity index is 845. The van der Waals surface area contributed by atoms with Crippen LogP contribution in [0.1, 0.15) is 77.6 Å². The van der Waals surface area contributed by atoms with E-state index in [-0.39, 0.29) is 31.0 Å². The van der Waals surface area contributed by atoms with Gasteiger partial charge in [0.1, 0.15) is 17.7 Å². The molecular weight excluding hydrogens is 434 g/mol. The highest BCUT2D eigenvalue weighted by Gasteiger charge is 2.37. The van der Waals surface area contributed by atoms with Crippen LogP contribution in [-0.2, 0) is 14.3 Å². The summed E-state index contributed by atoms with van der Waals surface area (Å²) in [5.41, 5.74) is 1.84. The Hall–Kier alpha value is -2.61. The van der Waals surface area contributed by atoms with Crippen molar-refractivity contribution < 1.29 is 24.2 Å². The normalized spacial score (nSPS) is 13.4. The standard InChI is InChI=1S/C26H43N3O5/c1-16(2)15-21(28-25(33)34-26(7,8)9)24(32)29(13-14-30)22(23(31)27-17(3)4)20-12-10-11-18(5)19(20)6/h10-12,16-17,21-22,30H,13-15H2,1-9H3,(H,27,31)(H,28,33). The third-order valence-corrected chi connectivity index (χ3v) is 5.25. The zero-order valence-corrected chi connectivity index (χ0v) is 22.2. The van der Waals surface area contributed by atoms with Gasteiger partial charge in [0.25, 0.3) is 0 Å². The largest absolute Gasteiger partial charge is 0.444 e. The lowest BCUT2D eigenvalue weighted by atomic mass is 9.94. The Morgan fingerprint density at radius 3 is 2.18 bits per heavy atom. The predicted molar refractivity (Wildman–Crippen MR) is 133 cm³/mol. The molecule has 2 atom stereocenters. The lowest BCUT2D eigenvalue weighted by molar-refractivity contribution is -0.143. The first-order valence-electron chi connectivity index (χ1n) is 11.9. The molecule has 0 aliphatic heterocycles. The zero-order chi connectivity index (χ0) is 26.2. The van der Waals surface area contributed by atoms with E-state index in [2.05, 4.69) is 10.6 Å². The van der Waals surface area contributed by atoms with E-state index in [4.69, 9.17) is 4.74 Å². The summed E-state index contributed by atoms with van der Waals surface area (Å²) >= 11 is 0. The van der Waals surface area contributed by atoms with Gasteiger partial charge in [0, 0.05) is 12.6 Å². The van der Waals surface area contributed by atoms with Gasteiger partial charge in [-0.3, -0.25) is 9.59 Å². The topological polar surface area (TPSA) is 108 Å². The molecule has 1 rings (SSSR count). The molecule has 3 N–H and O–H groups in total. The summed E-state index contributed by atoms with van der Waals surface area (Å²) in [4.78, 5) is 41.1. The van der Waals surface area contributed by atoms with Crippen LogP contribution in [0.3, 0.4) is 0 Å². The molecule has 0 spiro atoms. The van der Waals surface area contributed by atoms with Crippen LogP contribution in [0.5, 0.6) is 0 Å². The Morgan fingerprint density at radius 2 is 1.68 bits per heavy atom. The minimum Gasteiger partial charge on any atom is -0.444 e. The molecule has 8 heteroatoms. The van der Waals surface area contributed by atoms with Gasteiger partial charge in [-0.15, -0.1) is 0 Å². The van der Waals surface area contributed by atoms with Crippen LogP contribution in [0, 0.1) is 19.8 Å². The van der Waals surface area contributed by atoms with Crippen LogP contribution in [-0.4, -0.2) is 58.8 Å². The fourth-order valence-corrected chi connectivity index (χ4v) is 3.70. The fraction of sp³-hybridized carbons (Fsp3) is 0.654. The monoisotopic (exact) mass is 477 g/mol. The predicted octanol–water partition coefficient (Wildman–Crippen LogP) is 3.63. The number of nitrogens with one attached hydrogen (secondary N) is 2. The second-order valence-electron chi connectivity index (χ2n) is 10.4.